The summed E-state index contributed by atoms with van der Waals surface area (Å²) in [6.07, 6.45) is -1.10. The molecule has 0 radical (unpaired) electrons. The van der Waals surface area contributed by atoms with Crippen LogP contribution in [0.5, 0.6) is 5.75 Å². The van der Waals surface area contributed by atoms with Crippen molar-refractivity contribution in [3.8, 4) is 5.75 Å². The monoisotopic (exact) mass is 435 g/mol. The molecular weight excluding hydrogens is 410 g/mol. The summed E-state index contributed by atoms with van der Waals surface area (Å²) in [4.78, 5) is 38.2. The van der Waals surface area contributed by atoms with E-state index in [1.165, 1.54) is 4.90 Å². The van der Waals surface area contributed by atoms with Crippen molar-refractivity contribution in [2.45, 2.75) is 25.0 Å². The minimum absolute atomic E-state index is 0.0325. The molecule has 8 nitrogen and oxygen atoms in total. The Morgan fingerprint density at radius 3 is 2.38 bits per heavy atom. The topological polar surface area (TPSA) is 108 Å². The Balaban J connectivity index is 1.44. The van der Waals surface area contributed by atoms with Crippen LogP contribution in [-0.2, 0) is 0 Å². The first kappa shape index (κ1) is 20.4. The molecule has 2 aromatic rings. The van der Waals surface area contributed by atoms with Gasteiger partial charge in [0.1, 0.15) is 11.9 Å². The van der Waals surface area contributed by atoms with Crippen LogP contribution in [0.4, 0.5) is 4.79 Å². The number of hydrogen-bond acceptors (Lipinski definition) is 4. The van der Waals surface area contributed by atoms with Gasteiger partial charge in [-0.05, 0) is 24.6 Å². The molecule has 2 aromatic carbocycles. The molecule has 1 saturated carbocycles. The average Bonchev–Trinajstić information content (AvgIpc) is 3.12. The van der Waals surface area contributed by atoms with Crippen LogP contribution in [-0.4, -0.2) is 60.2 Å². The van der Waals surface area contributed by atoms with Gasteiger partial charge in [0, 0.05) is 55.1 Å². The molecule has 3 amide bonds. The fraction of sp³-hybridized carbons (Fsp3) is 0.375. The third-order valence-electron chi connectivity index (χ3n) is 6.88. The number of carbonyl (C=O) groups excluding carboxylic acids is 2. The zero-order valence-electron chi connectivity index (χ0n) is 17.9. The van der Waals surface area contributed by atoms with Gasteiger partial charge in [-0.1, -0.05) is 30.3 Å². The second-order valence-corrected chi connectivity index (χ2v) is 8.75. The lowest BCUT2D eigenvalue weighted by atomic mass is 9.87. The number of benzene rings is 2. The normalized spacial score (nSPS) is 27.2. The van der Waals surface area contributed by atoms with Gasteiger partial charge in [0.25, 0.3) is 11.8 Å². The molecule has 0 aromatic heterocycles. The Hall–Kier alpha value is -3.55. The molecule has 0 bridgehead atoms. The van der Waals surface area contributed by atoms with Gasteiger partial charge in [0.15, 0.2) is 0 Å². The molecule has 3 aliphatic rings. The molecule has 1 aliphatic carbocycles. The molecule has 5 rings (SSSR count). The van der Waals surface area contributed by atoms with E-state index in [4.69, 9.17) is 9.84 Å². The third-order valence-corrected chi connectivity index (χ3v) is 6.88. The Kier molecular flexibility index (Phi) is 4.80. The van der Waals surface area contributed by atoms with E-state index in [1.807, 2.05) is 43.3 Å². The Bertz CT molecular complexity index is 1090. The van der Waals surface area contributed by atoms with Crippen LogP contribution < -0.4 is 15.4 Å². The molecule has 2 aliphatic heterocycles. The van der Waals surface area contributed by atoms with Crippen molar-refractivity contribution in [1.29, 1.82) is 0 Å². The van der Waals surface area contributed by atoms with Gasteiger partial charge >= 0.3 is 6.09 Å². The van der Waals surface area contributed by atoms with Crippen molar-refractivity contribution in [2.75, 3.05) is 20.1 Å². The molecule has 8 heteroatoms. The largest absolute Gasteiger partial charge is 0.489 e. The van der Waals surface area contributed by atoms with Gasteiger partial charge in [-0.2, -0.15) is 0 Å². The summed E-state index contributed by atoms with van der Waals surface area (Å²) < 4.78 is 6.10. The molecule has 2 heterocycles. The second-order valence-electron chi connectivity index (χ2n) is 8.75. The summed E-state index contributed by atoms with van der Waals surface area (Å²) in [5.41, 5.74) is 2.63. The maximum Gasteiger partial charge on any atom is 0.407 e. The first-order valence-corrected chi connectivity index (χ1v) is 10.8. The van der Waals surface area contributed by atoms with Gasteiger partial charge < -0.3 is 25.4 Å². The second kappa shape index (κ2) is 7.55. The van der Waals surface area contributed by atoms with Crippen LogP contribution in [0.1, 0.15) is 44.7 Å². The van der Waals surface area contributed by atoms with Gasteiger partial charge in [-0.3, -0.25) is 9.59 Å². The van der Waals surface area contributed by atoms with Gasteiger partial charge in [-0.15, -0.1) is 0 Å². The van der Waals surface area contributed by atoms with E-state index >= 15 is 0 Å². The standard InChI is InChI=1S/C24H25N3O5/c1-12-19(13-6-4-3-5-7-13)15-8-14(9-16(21(15)32-12)23(29)25-2)22(28)26-20-17-10-27(24(30)31)11-18(17)20/h3-9,12,17-20H,10-11H2,1-2H3,(H,25,29)(H,26,28)(H,30,31)/t12-,17?,18?,19+,20?/m1/s1. The summed E-state index contributed by atoms with van der Waals surface area (Å²) in [5, 5.41) is 14.8. The van der Waals surface area contributed by atoms with Crippen molar-refractivity contribution in [3.63, 3.8) is 0 Å². The van der Waals surface area contributed by atoms with Crippen molar-refractivity contribution in [1.82, 2.24) is 15.5 Å². The van der Waals surface area contributed by atoms with E-state index in [1.54, 1.807) is 13.1 Å². The Labute approximate surface area is 185 Å². The van der Waals surface area contributed by atoms with E-state index in [2.05, 4.69) is 10.6 Å². The number of amides is 3. The highest BCUT2D eigenvalue weighted by Crippen LogP contribution is 2.47. The van der Waals surface area contributed by atoms with Crippen LogP contribution in [0.2, 0.25) is 0 Å². The quantitative estimate of drug-likeness (QED) is 0.683. The first-order chi connectivity index (χ1) is 15.4. The lowest BCUT2D eigenvalue weighted by Crippen LogP contribution is -2.36. The lowest BCUT2D eigenvalue weighted by molar-refractivity contribution is 0.0943. The number of hydrogen-bond donors (Lipinski definition) is 3. The molecule has 1 saturated heterocycles. The highest BCUT2D eigenvalue weighted by molar-refractivity contribution is 6.02. The van der Waals surface area contributed by atoms with Gasteiger partial charge in [-0.25, -0.2) is 4.79 Å². The first-order valence-electron chi connectivity index (χ1n) is 10.8. The lowest BCUT2D eigenvalue weighted by Gasteiger charge is -2.17. The van der Waals surface area contributed by atoms with E-state index in [0.717, 1.165) is 11.1 Å². The smallest absolute Gasteiger partial charge is 0.407 e. The fourth-order valence-corrected chi connectivity index (χ4v) is 5.20. The number of carboxylic acid groups (broad SMARTS) is 1. The molecule has 3 N–H and O–H groups in total. The molecular formula is C24H25N3O5. The molecule has 166 valence electrons. The van der Waals surface area contributed by atoms with Crippen molar-refractivity contribution in [3.05, 3.63) is 64.7 Å². The minimum atomic E-state index is -0.919. The summed E-state index contributed by atoms with van der Waals surface area (Å²) >= 11 is 0. The third kappa shape index (κ3) is 3.26. The van der Waals surface area contributed by atoms with Crippen molar-refractivity contribution >= 4 is 17.9 Å². The highest BCUT2D eigenvalue weighted by Gasteiger charge is 2.57. The molecule has 4 atom stereocenters. The van der Waals surface area contributed by atoms with Crippen LogP contribution in [0, 0.1) is 11.8 Å². The summed E-state index contributed by atoms with van der Waals surface area (Å²) in [5.74, 6) is 0.170. The van der Waals surface area contributed by atoms with Crippen LogP contribution in [0.25, 0.3) is 0 Å². The maximum atomic E-state index is 13.1. The van der Waals surface area contributed by atoms with Gasteiger partial charge in [0.05, 0.1) is 5.56 Å². The van der Waals surface area contributed by atoms with Crippen LogP contribution >= 0.6 is 0 Å². The van der Waals surface area contributed by atoms with Crippen LogP contribution in [0.3, 0.4) is 0 Å². The SMILES string of the molecule is CNC(=O)c1cc(C(=O)NC2C3CN(C(=O)O)CC32)cc2c1O[C@H](C)[C@H]2c1ccccc1. The van der Waals surface area contributed by atoms with E-state index < -0.39 is 6.09 Å². The number of ether oxygens (including phenoxy) is 1. The summed E-state index contributed by atoms with van der Waals surface area (Å²) in [6, 6.07) is 13.3. The number of fused-ring (bicyclic) bond motifs is 2. The maximum absolute atomic E-state index is 13.1. The number of nitrogens with zero attached hydrogens (tertiary/aromatic N) is 1. The van der Waals surface area contributed by atoms with E-state index in [0.29, 0.717) is 30.0 Å². The predicted octanol–water partition coefficient (Wildman–Crippen LogP) is 2.30. The number of rotatable bonds is 4. The predicted molar refractivity (Wildman–Crippen MR) is 116 cm³/mol. The van der Waals surface area contributed by atoms with Crippen molar-refractivity contribution in [2.24, 2.45) is 11.8 Å². The zero-order valence-corrected chi connectivity index (χ0v) is 17.9. The molecule has 2 fully saturated rings. The number of likely N-dealkylation sites (tertiary alicyclic amines) is 1. The molecule has 2 unspecified atom stereocenters. The van der Waals surface area contributed by atoms with Gasteiger partial charge in [0.2, 0.25) is 0 Å². The minimum Gasteiger partial charge on any atom is -0.489 e. The summed E-state index contributed by atoms with van der Waals surface area (Å²) in [6.45, 7) is 2.85. The van der Waals surface area contributed by atoms with Crippen LogP contribution in [0.15, 0.2) is 42.5 Å². The fourth-order valence-electron chi connectivity index (χ4n) is 5.20. The van der Waals surface area contributed by atoms with E-state index in [-0.39, 0.29) is 41.7 Å². The number of carbonyl (C=O) groups is 3. The number of nitrogens with one attached hydrogen (secondary N) is 2. The highest BCUT2D eigenvalue weighted by atomic mass is 16.5. The molecule has 32 heavy (non-hydrogen) atoms. The van der Waals surface area contributed by atoms with E-state index in [9.17, 15) is 14.4 Å². The number of piperidine rings is 1. The average molecular weight is 435 g/mol. The molecule has 0 spiro atoms. The summed E-state index contributed by atoms with van der Waals surface area (Å²) in [7, 11) is 1.55. The Morgan fingerprint density at radius 1 is 1.06 bits per heavy atom. The van der Waals surface area contributed by atoms with Crippen molar-refractivity contribution < 1.29 is 24.2 Å². The zero-order chi connectivity index (χ0) is 22.6. The Morgan fingerprint density at radius 2 is 1.75 bits per heavy atom.